The van der Waals surface area contributed by atoms with E-state index in [0.717, 1.165) is 23.0 Å². The summed E-state index contributed by atoms with van der Waals surface area (Å²) in [5.74, 6) is 0. The molecule has 0 radical (unpaired) electrons. The van der Waals surface area contributed by atoms with E-state index in [0.29, 0.717) is 12.5 Å². The molecule has 1 saturated heterocycles. The Balaban J connectivity index is 1.94. The molecule has 0 aliphatic carbocycles. The quantitative estimate of drug-likeness (QED) is 0.886. The standard InChI is InChI=1S/C12H15BrFN/c13-10-5-3-9(4-6-10)12(14)8-11-2-1-7-15-11/h3-6,11-12,15H,1-2,7-8H2. The molecule has 2 rings (SSSR count). The first-order valence-electron chi connectivity index (χ1n) is 5.38. The third-order valence-electron chi connectivity index (χ3n) is 2.89. The molecule has 1 aliphatic rings. The fourth-order valence-corrected chi connectivity index (χ4v) is 2.28. The van der Waals surface area contributed by atoms with Gasteiger partial charge in [-0.15, -0.1) is 0 Å². The van der Waals surface area contributed by atoms with E-state index in [1.807, 2.05) is 24.3 Å². The summed E-state index contributed by atoms with van der Waals surface area (Å²) >= 11 is 3.35. The number of rotatable bonds is 3. The number of nitrogens with one attached hydrogen (secondary N) is 1. The van der Waals surface area contributed by atoms with E-state index in [1.165, 1.54) is 6.42 Å². The monoisotopic (exact) mass is 271 g/mol. The molecule has 1 aliphatic heterocycles. The van der Waals surface area contributed by atoms with Crippen molar-refractivity contribution in [1.82, 2.24) is 5.32 Å². The summed E-state index contributed by atoms with van der Waals surface area (Å²) in [6.45, 7) is 1.04. The van der Waals surface area contributed by atoms with Gasteiger partial charge < -0.3 is 5.32 Å². The number of benzene rings is 1. The highest BCUT2D eigenvalue weighted by Gasteiger charge is 2.20. The average Bonchev–Trinajstić information content (AvgIpc) is 2.71. The molecule has 2 unspecified atom stereocenters. The van der Waals surface area contributed by atoms with Crippen LogP contribution in [0.15, 0.2) is 28.7 Å². The van der Waals surface area contributed by atoms with Crippen molar-refractivity contribution < 1.29 is 4.39 Å². The lowest BCUT2D eigenvalue weighted by Crippen LogP contribution is -2.22. The molecule has 1 aromatic carbocycles. The van der Waals surface area contributed by atoms with Crippen LogP contribution in [0.25, 0.3) is 0 Å². The Kier molecular flexibility index (Phi) is 3.76. The summed E-state index contributed by atoms with van der Waals surface area (Å²) in [5.41, 5.74) is 0.784. The summed E-state index contributed by atoms with van der Waals surface area (Å²) in [6, 6.07) is 7.85. The van der Waals surface area contributed by atoms with Crippen molar-refractivity contribution in [2.45, 2.75) is 31.5 Å². The van der Waals surface area contributed by atoms with Crippen molar-refractivity contribution in [3.05, 3.63) is 34.3 Å². The Labute approximate surface area is 98.2 Å². The number of alkyl halides is 1. The molecule has 2 atom stereocenters. The number of hydrogen-bond acceptors (Lipinski definition) is 1. The summed E-state index contributed by atoms with van der Waals surface area (Å²) in [7, 11) is 0. The van der Waals surface area contributed by atoms with Crippen LogP contribution in [-0.2, 0) is 0 Å². The van der Waals surface area contributed by atoms with Gasteiger partial charge in [-0.2, -0.15) is 0 Å². The highest BCUT2D eigenvalue weighted by molar-refractivity contribution is 9.10. The molecule has 1 N–H and O–H groups in total. The van der Waals surface area contributed by atoms with Gasteiger partial charge in [0.05, 0.1) is 0 Å². The van der Waals surface area contributed by atoms with Crippen LogP contribution < -0.4 is 5.32 Å². The van der Waals surface area contributed by atoms with Crippen LogP contribution in [0.3, 0.4) is 0 Å². The van der Waals surface area contributed by atoms with Crippen molar-refractivity contribution in [3.63, 3.8) is 0 Å². The van der Waals surface area contributed by atoms with E-state index in [1.54, 1.807) is 0 Å². The number of hydrogen-bond donors (Lipinski definition) is 1. The molecule has 1 aromatic rings. The van der Waals surface area contributed by atoms with Gasteiger partial charge in [0.2, 0.25) is 0 Å². The first kappa shape index (κ1) is 11.1. The molecule has 1 heterocycles. The van der Waals surface area contributed by atoms with Gasteiger partial charge >= 0.3 is 0 Å². The predicted octanol–water partition coefficient (Wildman–Crippen LogP) is 3.60. The van der Waals surface area contributed by atoms with Gasteiger partial charge in [0, 0.05) is 10.5 Å². The van der Waals surface area contributed by atoms with Crippen molar-refractivity contribution in [3.8, 4) is 0 Å². The molecule has 0 saturated carbocycles. The molecule has 1 nitrogen and oxygen atoms in total. The second-order valence-corrected chi connectivity index (χ2v) is 4.96. The SMILES string of the molecule is FC(CC1CCCN1)c1ccc(Br)cc1. The zero-order chi connectivity index (χ0) is 10.7. The highest BCUT2D eigenvalue weighted by atomic mass is 79.9. The fourth-order valence-electron chi connectivity index (χ4n) is 2.02. The van der Waals surface area contributed by atoms with Crippen LogP contribution in [-0.4, -0.2) is 12.6 Å². The zero-order valence-electron chi connectivity index (χ0n) is 8.55. The Morgan fingerprint density at radius 2 is 2.13 bits per heavy atom. The Morgan fingerprint density at radius 3 is 2.73 bits per heavy atom. The summed E-state index contributed by atoms with van der Waals surface area (Å²) in [4.78, 5) is 0. The van der Waals surface area contributed by atoms with Crippen LogP contribution in [0.5, 0.6) is 0 Å². The van der Waals surface area contributed by atoms with Crippen LogP contribution in [0, 0.1) is 0 Å². The second kappa shape index (κ2) is 5.08. The minimum Gasteiger partial charge on any atom is -0.314 e. The van der Waals surface area contributed by atoms with Gasteiger partial charge in [-0.3, -0.25) is 0 Å². The third-order valence-corrected chi connectivity index (χ3v) is 3.41. The minimum atomic E-state index is -0.839. The van der Waals surface area contributed by atoms with E-state index in [4.69, 9.17) is 0 Å². The van der Waals surface area contributed by atoms with E-state index < -0.39 is 6.17 Å². The Hall–Kier alpha value is -0.410. The van der Waals surface area contributed by atoms with Crippen LogP contribution >= 0.6 is 15.9 Å². The molecular formula is C12H15BrFN. The summed E-state index contributed by atoms with van der Waals surface area (Å²) in [5, 5.41) is 3.32. The molecule has 82 valence electrons. The lowest BCUT2D eigenvalue weighted by atomic mass is 10.0. The van der Waals surface area contributed by atoms with Gasteiger partial charge in [-0.05, 0) is 43.5 Å². The molecule has 3 heteroatoms. The van der Waals surface area contributed by atoms with Crippen LogP contribution in [0.2, 0.25) is 0 Å². The minimum absolute atomic E-state index is 0.364. The van der Waals surface area contributed by atoms with E-state index in [9.17, 15) is 4.39 Å². The molecule has 0 aromatic heterocycles. The van der Waals surface area contributed by atoms with Crippen LogP contribution in [0.1, 0.15) is 31.0 Å². The summed E-state index contributed by atoms with van der Waals surface area (Å²) in [6.07, 6.45) is 2.05. The first-order chi connectivity index (χ1) is 7.25. The van der Waals surface area contributed by atoms with Crippen molar-refractivity contribution >= 4 is 15.9 Å². The Morgan fingerprint density at radius 1 is 1.40 bits per heavy atom. The molecule has 0 spiro atoms. The maximum atomic E-state index is 13.9. The lowest BCUT2D eigenvalue weighted by molar-refractivity contribution is 0.293. The van der Waals surface area contributed by atoms with Crippen molar-refractivity contribution in [2.75, 3.05) is 6.54 Å². The normalized spacial score (nSPS) is 22.9. The molecule has 15 heavy (non-hydrogen) atoms. The summed E-state index contributed by atoms with van der Waals surface area (Å²) < 4.78 is 14.9. The van der Waals surface area contributed by atoms with Crippen molar-refractivity contribution in [2.24, 2.45) is 0 Å². The molecular weight excluding hydrogens is 257 g/mol. The second-order valence-electron chi connectivity index (χ2n) is 4.05. The van der Waals surface area contributed by atoms with Gasteiger partial charge in [-0.1, -0.05) is 28.1 Å². The topological polar surface area (TPSA) is 12.0 Å². The van der Waals surface area contributed by atoms with E-state index in [-0.39, 0.29) is 0 Å². The first-order valence-corrected chi connectivity index (χ1v) is 6.18. The van der Waals surface area contributed by atoms with Gasteiger partial charge in [0.15, 0.2) is 0 Å². The Bertz CT molecular complexity index is 306. The average molecular weight is 272 g/mol. The lowest BCUT2D eigenvalue weighted by Gasteiger charge is -2.14. The zero-order valence-corrected chi connectivity index (χ0v) is 10.1. The smallest absolute Gasteiger partial charge is 0.127 e. The third kappa shape index (κ3) is 3.02. The highest BCUT2D eigenvalue weighted by Crippen LogP contribution is 2.26. The van der Waals surface area contributed by atoms with E-state index in [2.05, 4.69) is 21.2 Å². The van der Waals surface area contributed by atoms with Crippen LogP contribution in [0.4, 0.5) is 4.39 Å². The van der Waals surface area contributed by atoms with Gasteiger partial charge in [0.1, 0.15) is 6.17 Å². The predicted molar refractivity (Wildman–Crippen MR) is 63.6 cm³/mol. The van der Waals surface area contributed by atoms with Gasteiger partial charge in [-0.25, -0.2) is 4.39 Å². The molecule has 1 fully saturated rings. The van der Waals surface area contributed by atoms with Gasteiger partial charge in [0.25, 0.3) is 0 Å². The molecule has 0 amide bonds. The molecule has 0 bridgehead atoms. The maximum absolute atomic E-state index is 13.9. The van der Waals surface area contributed by atoms with Crippen molar-refractivity contribution in [1.29, 1.82) is 0 Å². The fraction of sp³-hybridized carbons (Fsp3) is 0.500. The number of halogens is 2. The maximum Gasteiger partial charge on any atom is 0.127 e. The van der Waals surface area contributed by atoms with E-state index >= 15 is 0 Å². The largest absolute Gasteiger partial charge is 0.314 e.